The Kier molecular flexibility index (Phi) is 6.40. The van der Waals surface area contributed by atoms with Gasteiger partial charge in [-0.3, -0.25) is 4.98 Å². The van der Waals surface area contributed by atoms with Crippen LogP contribution in [0.25, 0.3) is 17.0 Å². The monoisotopic (exact) mass is 527 g/mol. The molecule has 5 aromatic rings. The number of pyridine rings is 1. The van der Waals surface area contributed by atoms with E-state index in [-0.39, 0.29) is 0 Å². The zero-order valence-corrected chi connectivity index (χ0v) is 21.5. The van der Waals surface area contributed by atoms with Crippen LogP contribution in [0, 0.1) is 0 Å². The number of fused-ring (bicyclic) bond motifs is 1. The zero-order valence-electron chi connectivity index (χ0n) is 20.8. The van der Waals surface area contributed by atoms with Gasteiger partial charge in [0.2, 0.25) is 5.95 Å². The van der Waals surface area contributed by atoms with Crippen LogP contribution in [0.3, 0.4) is 0 Å². The normalized spacial score (nSPS) is 14.1. The summed E-state index contributed by atoms with van der Waals surface area (Å²) in [5.74, 6) is 2.98. The van der Waals surface area contributed by atoms with Gasteiger partial charge in [-0.25, -0.2) is 0 Å². The maximum atomic E-state index is 6.75. The summed E-state index contributed by atoms with van der Waals surface area (Å²) in [6.07, 6.45) is 3.38. The quantitative estimate of drug-likeness (QED) is 0.324. The molecule has 11 heteroatoms. The molecule has 0 aliphatic carbocycles. The van der Waals surface area contributed by atoms with Crippen molar-refractivity contribution in [2.24, 2.45) is 0 Å². The van der Waals surface area contributed by atoms with Gasteiger partial charge in [-0.05, 0) is 55.6 Å². The summed E-state index contributed by atoms with van der Waals surface area (Å²) in [7, 11) is 2.11. The first-order valence-electron chi connectivity index (χ1n) is 12.2. The van der Waals surface area contributed by atoms with Crippen LogP contribution in [0.15, 0.2) is 73.1 Å². The molecule has 0 amide bonds. The van der Waals surface area contributed by atoms with Crippen LogP contribution < -0.4 is 20.7 Å². The number of nitrogens with zero attached hydrogens (tertiary/aromatic N) is 7. The van der Waals surface area contributed by atoms with E-state index in [2.05, 4.69) is 32.1 Å². The lowest BCUT2D eigenvalue weighted by atomic mass is 10.1. The molecule has 3 aromatic heterocycles. The van der Waals surface area contributed by atoms with E-state index in [1.54, 1.807) is 29.0 Å². The first-order chi connectivity index (χ1) is 18.5. The third kappa shape index (κ3) is 4.91. The fourth-order valence-corrected chi connectivity index (χ4v) is 4.60. The second kappa shape index (κ2) is 10.2. The van der Waals surface area contributed by atoms with Crippen molar-refractivity contribution < 1.29 is 4.74 Å². The number of nitrogens with one attached hydrogen (secondary N) is 1. The molecule has 1 saturated heterocycles. The molecule has 0 bridgehead atoms. The van der Waals surface area contributed by atoms with E-state index in [1.165, 1.54) is 0 Å². The van der Waals surface area contributed by atoms with Crippen molar-refractivity contribution in [2.75, 3.05) is 49.2 Å². The van der Waals surface area contributed by atoms with E-state index in [0.29, 0.717) is 39.7 Å². The van der Waals surface area contributed by atoms with Gasteiger partial charge < -0.3 is 25.6 Å². The average Bonchev–Trinajstić information content (AvgIpc) is 3.32. The highest BCUT2D eigenvalue weighted by Crippen LogP contribution is 2.35. The molecule has 1 aliphatic rings. The van der Waals surface area contributed by atoms with Gasteiger partial charge in [0, 0.05) is 54.8 Å². The fraction of sp³-hybridized carbons (Fsp3) is 0.185. The lowest BCUT2D eigenvalue weighted by Gasteiger charge is -2.34. The van der Waals surface area contributed by atoms with Crippen LogP contribution in [0.1, 0.15) is 0 Å². The third-order valence-corrected chi connectivity index (χ3v) is 6.64. The molecule has 0 unspecified atom stereocenters. The van der Waals surface area contributed by atoms with Crippen molar-refractivity contribution in [3.05, 3.63) is 78.1 Å². The van der Waals surface area contributed by atoms with Crippen LogP contribution in [0.5, 0.6) is 11.5 Å². The zero-order chi connectivity index (χ0) is 26.1. The number of nitrogens with two attached hydrogens (primary N) is 1. The van der Waals surface area contributed by atoms with E-state index in [9.17, 15) is 0 Å². The number of hydrogen-bond acceptors (Lipinski definition) is 9. The van der Waals surface area contributed by atoms with Crippen molar-refractivity contribution in [1.82, 2.24) is 29.5 Å². The first-order valence-corrected chi connectivity index (χ1v) is 12.6. The Morgan fingerprint density at radius 3 is 2.39 bits per heavy atom. The van der Waals surface area contributed by atoms with Crippen LogP contribution >= 0.6 is 11.6 Å². The Bertz CT molecular complexity index is 1570. The second-order valence-corrected chi connectivity index (χ2v) is 9.52. The van der Waals surface area contributed by atoms with Gasteiger partial charge in [-0.2, -0.15) is 14.5 Å². The average molecular weight is 528 g/mol. The van der Waals surface area contributed by atoms with E-state index in [0.717, 1.165) is 43.2 Å². The number of anilines is 4. The Hall–Kier alpha value is -4.41. The summed E-state index contributed by atoms with van der Waals surface area (Å²) < 4.78 is 7.52. The highest BCUT2D eigenvalue weighted by molar-refractivity contribution is 6.30. The molecule has 0 radical (unpaired) electrons. The summed E-state index contributed by atoms with van der Waals surface area (Å²) in [5, 5.41) is 8.58. The maximum Gasteiger partial charge on any atom is 0.256 e. The number of benzene rings is 2. The molecule has 4 heterocycles. The number of likely N-dealkylation sites (N-methyl/N-ethyl adjacent to an activating group) is 1. The minimum absolute atomic E-state index is 0.401. The van der Waals surface area contributed by atoms with E-state index < -0.39 is 0 Å². The van der Waals surface area contributed by atoms with Crippen LogP contribution in [-0.2, 0) is 0 Å². The Morgan fingerprint density at radius 1 is 0.921 bits per heavy atom. The molecule has 192 valence electrons. The molecule has 0 saturated carbocycles. The molecule has 1 fully saturated rings. The molecule has 0 atom stereocenters. The van der Waals surface area contributed by atoms with Crippen LogP contribution in [0.2, 0.25) is 5.02 Å². The molecule has 1 aliphatic heterocycles. The van der Waals surface area contributed by atoms with Crippen molar-refractivity contribution in [2.45, 2.75) is 0 Å². The number of halogens is 1. The van der Waals surface area contributed by atoms with Gasteiger partial charge in [0.05, 0.1) is 0 Å². The number of rotatable bonds is 6. The topological polar surface area (TPSA) is 110 Å². The highest BCUT2D eigenvalue weighted by atomic mass is 35.5. The van der Waals surface area contributed by atoms with Crippen molar-refractivity contribution in [1.29, 1.82) is 0 Å². The Morgan fingerprint density at radius 2 is 1.66 bits per heavy atom. The van der Waals surface area contributed by atoms with Crippen LogP contribution in [-0.4, -0.2) is 62.7 Å². The largest absolute Gasteiger partial charge is 0.457 e. The SMILES string of the molecule is CN1CCN(c2nc3nc(Nc4ccc(Oc5ccncc5)cc4)nn3c(-c3cccc(Cl)c3)c2N)CC1. The number of hydrogen-bond donors (Lipinski definition) is 2. The predicted octanol–water partition coefficient (Wildman–Crippen LogP) is 4.71. The summed E-state index contributed by atoms with van der Waals surface area (Å²) in [6.45, 7) is 3.51. The number of ether oxygens (including phenoxy) is 1. The molecule has 10 nitrogen and oxygen atoms in total. The molecular weight excluding hydrogens is 502 g/mol. The van der Waals surface area contributed by atoms with Gasteiger partial charge >= 0.3 is 0 Å². The lowest BCUT2D eigenvalue weighted by Crippen LogP contribution is -2.45. The second-order valence-electron chi connectivity index (χ2n) is 9.08. The van der Waals surface area contributed by atoms with Gasteiger partial charge in [-0.1, -0.05) is 23.7 Å². The van der Waals surface area contributed by atoms with Gasteiger partial charge in [0.1, 0.15) is 22.9 Å². The van der Waals surface area contributed by atoms with Crippen molar-refractivity contribution in [3.63, 3.8) is 0 Å². The number of aromatic nitrogens is 5. The van der Waals surface area contributed by atoms with E-state index in [1.807, 2.05) is 48.5 Å². The predicted molar refractivity (Wildman–Crippen MR) is 149 cm³/mol. The molecule has 3 N–H and O–H groups in total. The summed E-state index contributed by atoms with van der Waals surface area (Å²) in [4.78, 5) is 18.0. The Balaban J connectivity index is 1.34. The number of nitrogen functional groups attached to an aromatic ring is 1. The third-order valence-electron chi connectivity index (χ3n) is 6.40. The fourth-order valence-electron chi connectivity index (χ4n) is 4.40. The first kappa shape index (κ1) is 24.0. The van der Waals surface area contributed by atoms with Gasteiger partial charge in [-0.15, -0.1) is 5.10 Å². The number of piperazine rings is 1. The minimum atomic E-state index is 0.401. The van der Waals surface area contributed by atoms with Crippen molar-refractivity contribution in [3.8, 4) is 22.8 Å². The summed E-state index contributed by atoms with van der Waals surface area (Å²) >= 11 is 6.34. The molecule has 2 aromatic carbocycles. The standard InChI is InChI=1S/C27H26ClN9O/c1-35-13-15-36(16-14-35)25-23(29)24(18-3-2-4-19(28)17-18)37-27(32-25)33-26(34-37)31-20-5-7-21(8-6-20)38-22-9-11-30-12-10-22/h2-12,17H,13-16,29H2,1H3,(H,31,34). The van der Waals surface area contributed by atoms with Gasteiger partial charge in [0.15, 0.2) is 5.82 Å². The summed E-state index contributed by atoms with van der Waals surface area (Å²) in [6, 6.07) is 18.7. The van der Waals surface area contributed by atoms with E-state index in [4.69, 9.17) is 32.2 Å². The molecule has 6 rings (SSSR count). The minimum Gasteiger partial charge on any atom is -0.457 e. The molecule has 0 spiro atoms. The molecule has 38 heavy (non-hydrogen) atoms. The van der Waals surface area contributed by atoms with Crippen molar-refractivity contribution >= 4 is 40.5 Å². The Labute approximate surface area is 224 Å². The maximum absolute atomic E-state index is 6.75. The molecular formula is C27H26ClN9O. The highest BCUT2D eigenvalue weighted by Gasteiger charge is 2.24. The smallest absolute Gasteiger partial charge is 0.256 e. The van der Waals surface area contributed by atoms with E-state index >= 15 is 0 Å². The summed E-state index contributed by atoms with van der Waals surface area (Å²) in [5.41, 5.74) is 9.64. The lowest BCUT2D eigenvalue weighted by molar-refractivity contribution is 0.312. The van der Waals surface area contributed by atoms with Gasteiger partial charge in [0.25, 0.3) is 5.78 Å². The van der Waals surface area contributed by atoms with Crippen LogP contribution in [0.4, 0.5) is 23.1 Å².